The Hall–Kier alpha value is -1.96. The highest BCUT2D eigenvalue weighted by atomic mass is 79.9. The van der Waals surface area contributed by atoms with Gasteiger partial charge < -0.3 is 14.8 Å². The molecule has 0 saturated carbocycles. The fourth-order valence-electron chi connectivity index (χ4n) is 2.27. The lowest BCUT2D eigenvalue weighted by molar-refractivity contribution is 0.0968. The first-order valence-corrected chi connectivity index (χ1v) is 9.29. The van der Waals surface area contributed by atoms with Crippen molar-refractivity contribution in [2.24, 2.45) is 0 Å². The van der Waals surface area contributed by atoms with Crippen LogP contribution in [0.25, 0.3) is 0 Å². The standard InChI is InChI=1S/C19H21BrN2O3S/c1-13(14-6-4-3-5-7-14)21-19(26)22-18(23)16-12-15(20)8-9-17(16)25-11-10-24-2/h3-9,12-13H,10-11H2,1-2H3,(H2,21,22,23,26). The first-order valence-electron chi connectivity index (χ1n) is 8.09. The average Bonchev–Trinajstić information content (AvgIpc) is 2.63. The van der Waals surface area contributed by atoms with Crippen molar-refractivity contribution in [1.29, 1.82) is 0 Å². The zero-order valence-corrected chi connectivity index (χ0v) is 17.0. The molecule has 2 aromatic rings. The van der Waals surface area contributed by atoms with E-state index in [4.69, 9.17) is 21.7 Å². The number of methoxy groups -OCH3 is 1. The summed E-state index contributed by atoms with van der Waals surface area (Å²) in [4.78, 5) is 12.6. The molecule has 7 heteroatoms. The van der Waals surface area contributed by atoms with Gasteiger partial charge >= 0.3 is 0 Å². The van der Waals surface area contributed by atoms with Gasteiger partial charge in [-0.05, 0) is 42.9 Å². The van der Waals surface area contributed by atoms with Crippen molar-refractivity contribution in [1.82, 2.24) is 10.6 Å². The first kappa shape index (κ1) is 20.4. The van der Waals surface area contributed by atoms with Crippen LogP contribution in [-0.4, -0.2) is 31.3 Å². The molecule has 0 fully saturated rings. The number of ether oxygens (including phenoxy) is 2. The lowest BCUT2D eigenvalue weighted by Crippen LogP contribution is -2.40. The number of hydrogen-bond acceptors (Lipinski definition) is 4. The topological polar surface area (TPSA) is 59.6 Å². The lowest BCUT2D eigenvalue weighted by atomic mass is 10.1. The first-order chi connectivity index (χ1) is 12.5. The Morgan fingerprint density at radius 1 is 1.19 bits per heavy atom. The van der Waals surface area contributed by atoms with E-state index >= 15 is 0 Å². The zero-order valence-electron chi connectivity index (χ0n) is 14.6. The zero-order chi connectivity index (χ0) is 18.9. The van der Waals surface area contributed by atoms with Gasteiger partial charge in [-0.1, -0.05) is 46.3 Å². The largest absolute Gasteiger partial charge is 0.490 e. The second kappa shape index (κ2) is 10.3. The minimum Gasteiger partial charge on any atom is -0.490 e. The highest BCUT2D eigenvalue weighted by Crippen LogP contribution is 2.23. The van der Waals surface area contributed by atoms with Crippen LogP contribution in [0, 0.1) is 0 Å². The Kier molecular flexibility index (Phi) is 8.03. The highest BCUT2D eigenvalue weighted by molar-refractivity contribution is 9.10. The molecule has 2 N–H and O–H groups in total. The third-order valence-electron chi connectivity index (χ3n) is 3.61. The Bertz CT molecular complexity index is 756. The summed E-state index contributed by atoms with van der Waals surface area (Å²) in [5, 5.41) is 6.07. The number of thiocarbonyl (C=S) groups is 1. The molecule has 0 saturated heterocycles. The summed E-state index contributed by atoms with van der Waals surface area (Å²) < 4.78 is 11.4. The molecule has 0 aliphatic rings. The average molecular weight is 437 g/mol. The predicted molar refractivity (Wildman–Crippen MR) is 110 cm³/mol. The predicted octanol–water partition coefficient (Wildman–Crippen LogP) is 3.84. The van der Waals surface area contributed by atoms with Gasteiger partial charge in [-0.3, -0.25) is 10.1 Å². The Morgan fingerprint density at radius 3 is 2.62 bits per heavy atom. The van der Waals surface area contributed by atoms with Gasteiger partial charge in [0.15, 0.2) is 5.11 Å². The van der Waals surface area contributed by atoms with E-state index in [1.54, 1.807) is 19.2 Å². The molecule has 1 unspecified atom stereocenters. The third-order valence-corrected chi connectivity index (χ3v) is 4.32. The van der Waals surface area contributed by atoms with Crippen LogP contribution in [0.5, 0.6) is 5.75 Å². The number of amides is 1. The van der Waals surface area contributed by atoms with Crippen LogP contribution < -0.4 is 15.4 Å². The van der Waals surface area contributed by atoms with Crippen molar-refractivity contribution in [3.05, 3.63) is 64.1 Å². The monoisotopic (exact) mass is 436 g/mol. The van der Waals surface area contributed by atoms with E-state index < -0.39 is 0 Å². The SMILES string of the molecule is COCCOc1ccc(Br)cc1C(=O)NC(=S)NC(C)c1ccccc1. The maximum absolute atomic E-state index is 12.6. The summed E-state index contributed by atoms with van der Waals surface area (Å²) in [6.45, 7) is 2.77. The van der Waals surface area contributed by atoms with Crippen LogP contribution in [0.15, 0.2) is 53.0 Å². The summed E-state index contributed by atoms with van der Waals surface area (Å²) in [5.74, 6) is 0.137. The second-order valence-corrected chi connectivity index (χ2v) is 6.87. The van der Waals surface area contributed by atoms with Crippen LogP contribution in [0.3, 0.4) is 0 Å². The van der Waals surface area contributed by atoms with Crippen molar-refractivity contribution in [3.63, 3.8) is 0 Å². The number of halogens is 1. The van der Waals surface area contributed by atoms with Crippen molar-refractivity contribution >= 4 is 39.2 Å². The molecule has 138 valence electrons. The maximum Gasteiger partial charge on any atom is 0.261 e. The van der Waals surface area contributed by atoms with Crippen molar-refractivity contribution < 1.29 is 14.3 Å². The molecule has 0 aliphatic carbocycles. The van der Waals surface area contributed by atoms with Gasteiger partial charge in [-0.15, -0.1) is 0 Å². The van der Waals surface area contributed by atoms with Gasteiger partial charge in [0.05, 0.1) is 18.2 Å². The van der Waals surface area contributed by atoms with E-state index in [1.807, 2.05) is 43.3 Å². The van der Waals surface area contributed by atoms with E-state index in [9.17, 15) is 4.79 Å². The summed E-state index contributed by atoms with van der Waals surface area (Å²) in [7, 11) is 1.59. The maximum atomic E-state index is 12.6. The molecule has 1 amide bonds. The molecule has 2 aromatic carbocycles. The van der Waals surface area contributed by atoms with Crippen molar-refractivity contribution in [3.8, 4) is 5.75 Å². The third kappa shape index (κ3) is 6.09. The highest BCUT2D eigenvalue weighted by Gasteiger charge is 2.16. The minimum atomic E-state index is -0.337. The normalized spacial score (nSPS) is 11.5. The van der Waals surface area contributed by atoms with Gasteiger partial charge in [0.2, 0.25) is 0 Å². The van der Waals surface area contributed by atoms with Gasteiger partial charge in [-0.2, -0.15) is 0 Å². The Labute approximate surface area is 167 Å². The quantitative estimate of drug-likeness (QED) is 0.509. The van der Waals surface area contributed by atoms with Crippen LogP contribution >= 0.6 is 28.1 Å². The van der Waals surface area contributed by atoms with Crippen LogP contribution in [-0.2, 0) is 4.74 Å². The molecule has 1 atom stereocenters. The number of carbonyl (C=O) groups excluding carboxylic acids is 1. The molecule has 2 rings (SSSR count). The van der Waals surface area contributed by atoms with E-state index in [1.165, 1.54) is 0 Å². The number of rotatable bonds is 7. The molecule has 5 nitrogen and oxygen atoms in total. The fourth-order valence-corrected chi connectivity index (χ4v) is 2.90. The Balaban J connectivity index is 2.02. The van der Waals surface area contributed by atoms with E-state index in [2.05, 4.69) is 26.6 Å². The van der Waals surface area contributed by atoms with Gasteiger partial charge in [0.25, 0.3) is 5.91 Å². The summed E-state index contributed by atoms with van der Waals surface area (Å²) in [5.41, 5.74) is 1.47. The van der Waals surface area contributed by atoms with E-state index in [0.29, 0.717) is 24.5 Å². The Morgan fingerprint density at radius 2 is 1.92 bits per heavy atom. The van der Waals surface area contributed by atoms with Gasteiger partial charge in [0.1, 0.15) is 12.4 Å². The summed E-state index contributed by atoms with van der Waals surface area (Å²) >= 11 is 8.65. The number of hydrogen-bond donors (Lipinski definition) is 2. The smallest absolute Gasteiger partial charge is 0.261 e. The summed E-state index contributed by atoms with van der Waals surface area (Å²) in [6.07, 6.45) is 0. The number of carbonyl (C=O) groups is 1. The van der Waals surface area contributed by atoms with Crippen LogP contribution in [0.2, 0.25) is 0 Å². The molecule has 0 bridgehead atoms. The second-order valence-electron chi connectivity index (χ2n) is 5.54. The molecule has 0 radical (unpaired) electrons. The van der Waals surface area contributed by atoms with Gasteiger partial charge in [0, 0.05) is 11.6 Å². The minimum absolute atomic E-state index is 0.0241. The van der Waals surface area contributed by atoms with Crippen molar-refractivity contribution in [2.45, 2.75) is 13.0 Å². The van der Waals surface area contributed by atoms with E-state index in [0.717, 1.165) is 10.0 Å². The number of nitrogens with one attached hydrogen (secondary N) is 2. The summed E-state index contributed by atoms with van der Waals surface area (Å²) in [6, 6.07) is 15.1. The van der Waals surface area contributed by atoms with Gasteiger partial charge in [-0.25, -0.2) is 0 Å². The molecule has 0 aromatic heterocycles. The lowest BCUT2D eigenvalue weighted by Gasteiger charge is -2.17. The van der Waals surface area contributed by atoms with Crippen LogP contribution in [0.4, 0.5) is 0 Å². The van der Waals surface area contributed by atoms with E-state index in [-0.39, 0.29) is 17.1 Å². The van der Waals surface area contributed by atoms with Crippen molar-refractivity contribution in [2.75, 3.05) is 20.3 Å². The molecule has 0 heterocycles. The molecule has 0 spiro atoms. The number of benzene rings is 2. The van der Waals surface area contributed by atoms with Crippen LogP contribution in [0.1, 0.15) is 28.9 Å². The molecular weight excluding hydrogens is 416 g/mol. The molecule has 0 aliphatic heterocycles. The molecular formula is C19H21BrN2O3S. The molecule has 26 heavy (non-hydrogen) atoms. The fraction of sp³-hybridized carbons (Fsp3) is 0.263.